The van der Waals surface area contributed by atoms with Gasteiger partial charge in [-0.1, -0.05) is 12.1 Å². The number of nitrogens with one attached hydrogen (secondary N) is 3. The lowest BCUT2D eigenvalue weighted by Crippen LogP contribution is -2.37. The van der Waals surface area contributed by atoms with Crippen LogP contribution in [0, 0.1) is 0 Å². The topological polar surface area (TPSA) is 65.5 Å². The first-order valence-electron chi connectivity index (χ1n) is 6.61. The number of rotatable bonds is 4. The third-order valence-corrected chi connectivity index (χ3v) is 2.89. The maximum absolute atomic E-state index is 11.7. The Morgan fingerprint density at radius 1 is 1.50 bits per heavy atom. The van der Waals surface area contributed by atoms with E-state index in [1.54, 1.807) is 0 Å². The van der Waals surface area contributed by atoms with Crippen molar-refractivity contribution in [1.29, 1.82) is 0 Å². The Balaban J connectivity index is 0.00000200. The van der Waals surface area contributed by atoms with Crippen LogP contribution in [0.3, 0.4) is 0 Å². The number of hydrogen-bond donors (Lipinski definition) is 3. The minimum atomic E-state index is -0.0331. The molecule has 110 valence electrons. The summed E-state index contributed by atoms with van der Waals surface area (Å²) in [6.45, 7) is 6.11. The van der Waals surface area contributed by atoms with Gasteiger partial charge in [0, 0.05) is 24.7 Å². The number of benzene rings is 1. The van der Waals surface area contributed by atoms with Crippen molar-refractivity contribution < 1.29 is 4.79 Å². The maximum atomic E-state index is 11.7. The van der Waals surface area contributed by atoms with E-state index in [0.717, 1.165) is 18.1 Å². The molecule has 20 heavy (non-hydrogen) atoms. The zero-order valence-corrected chi connectivity index (χ0v) is 14.1. The number of carbonyl (C=O) groups excluding carboxylic acids is 1. The summed E-state index contributed by atoms with van der Waals surface area (Å²) in [5.74, 6) is 0.796. The van der Waals surface area contributed by atoms with Gasteiger partial charge >= 0.3 is 0 Å². The maximum Gasteiger partial charge on any atom is 0.251 e. The molecular weight excluding hydrogens is 367 g/mol. The van der Waals surface area contributed by atoms with Crippen molar-refractivity contribution in [3.8, 4) is 0 Å². The first kappa shape index (κ1) is 16.7. The van der Waals surface area contributed by atoms with E-state index in [0.29, 0.717) is 24.7 Å². The average Bonchev–Trinajstić information content (AvgIpc) is 2.83. The van der Waals surface area contributed by atoms with E-state index < -0.39 is 0 Å². The normalized spacial score (nSPS) is 16.7. The number of carbonyl (C=O) groups is 1. The van der Waals surface area contributed by atoms with Crippen molar-refractivity contribution in [3.05, 3.63) is 35.4 Å². The predicted molar refractivity (Wildman–Crippen MR) is 91.6 cm³/mol. The molecule has 1 aliphatic heterocycles. The minimum absolute atomic E-state index is 0. The molecule has 6 heteroatoms. The van der Waals surface area contributed by atoms with Crippen LogP contribution < -0.4 is 16.0 Å². The second kappa shape index (κ2) is 8.08. The molecule has 0 saturated heterocycles. The highest BCUT2D eigenvalue weighted by Gasteiger charge is 2.11. The van der Waals surface area contributed by atoms with Gasteiger partial charge in [0.2, 0.25) is 0 Å². The number of nitrogens with zero attached hydrogens (tertiary/aromatic N) is 1. The van der Waals surface area contributed by atoms with E-state index in [4.69, 9.17) is 0 Å². The van der Waals surface area contributed by atoms with Gasteiger partial charge in [-0.25, -0.2) is 0 Å². The lowest BCUT2D eigenvalue weighted by molar-refractivity contribution is 0.0955. The standard InChI is InChI=1S/C14H20N4O.HI/c1-3-15-13(19)12-6-4-5-11(7-12)9-17-14-16-8-10(2)18-14;/h4-7,10H,3,8-9H2,1-2H3,(H,15,19)(H2,16,17,18);1H. The molecule has 1 heterocycles. The summed E-state index contributed by atoms with van der Waals surface area (Å²) >= 11 is 0. The van der Waals surface area contributed by atoms with E-state index in [-0.39, 0.29) is 29.9 Å². The largest absolute Gasteiger partial charge is 0.352 e. The van der Waals surface area contributed by atoms with E-state index in [2.05, 4.69) is 27.9 Å². The zero-order valence-electron chi connectivity index (χ0n) is 11.8. The Hall–Kier alpha value is -1.31. The number of guanidine groups is 1. The molecule has 0 fully saturated rings. The smallest absolute Gasteiger partial charge is 0.251 e. The Labute approximate surface area is 136 Å². The van der Waals surface area contributed by atoms with Crippen LogP contribution in [-0.2, 0) is 6.54 Å². The molecule has 5 nitrogen and oxygen atoms in total. The second-order valence-electron chi connectivity index (χ2n) is 4.65. The van der Waals surface area contributed by atoms with Crippen LogP contribution in [0.25, 0.3) is 0 Å². The van der Waals surface area contributed by atoms with Gasteiger partial charge in [0.05, 0.1) is 6.54 Å². The number of amides is 1. The highest BCUT2D eigenvalue weighted by molar-refractivity contribution is 14.0. The molecule has 1 unspecified atom stereocenters. The van der Waals surface area contributed by atoms with Gasteiger partial charge in [0.1, 0.15) is 0 Å². The van der Waals surface area contributed by atoms with Crippen LogP contribution in [0.5, 0.6) is 0 Å². The van der Waals surface area contributed by atoms with E-state index in [1.807, 2.05) is 31.2 Å². The molecule has 0 aliphatic carbocycles. The van der Waals surface area contributed by atoms with Gasteiger partial charge in [-0.2, -0.15) is 0 Å². The number of aliphatic imine (C=N–C) groups is 1. The SMILES string of the molecule is CCNC(=O)c1cccc(CNC2=NCC(C)N2)c1.I. The van der Waals surface area contributed by atoms with Gasteiger partial charge in [-0.3, -0.25) is 9.79 Å². The Morgan fingerprint density at radius 2 is 2.30 bits per heavy atom. The van der Waals surface area contributed by atoms with Gasteiger partial charge in [-0.05, 0) is 31.5 Å². The third-order valence-electron chi connectivity index (χ3n) is 2.89. The summed E-state index contributed by atoms with van der Waals surface area (Å²) in [6, 6.07) is 8.01. The van der Waals surface area contributed by atoms with E-state index in [1.165, 1.54) is 0 Å². The summed E-state index contributed by atoms with van der Waals surface area (Å²) in [6.07, 6.45) is 0. The Morgan fingerprint density at radius 3 is 2.95 bits per heavy atom. The first-order valence-corrected chi connectivity index (χ1v) is 6.61. The molecule has 1 aromatic carbocycles. The molecule has 0 bridgehead atoms. The lowest BCUT2D eigenvalue weighted by Gasteiger charge is -2.09. The van der Waals surface area contributed by atoms with Crippen LogP contribution in [0.15, 0.2) is 29.3 Å². The Bertz CT molecular complexity index is 490. The quantitative estimate of drug-likeness (QED) is 0.685. The summed E-state index contributed by atoms with van der Waals surface area (Å²) in [5.41, 5.74) is 1.75. The molecule has 1 aromatic rings. The zero-order chi connectivity index (χ0) is 13.7. The van der Waals surface area contributed by atoms with Crippen LogP contribution in [0.1, 0.15) is 29.8 Å². The third kappa shape index (κ3) is 4.66. The van der Waals surface area contributed by atoms with Gasteiger partial charge < -0.3 is 16.0 Å². The molecular formula is C14H21IN4O. The van der Waals surface area contributed by atoms with Gasteiger partial charge in [0.15, 0.2) is 5.96 Å². The van der Waals surface area contributed by atoms with Crippen molar-refractivity contribution in [3.63, 3.8) is 0 Å². The summed E-state index contributed by atoms with van der Waals surface area (Å²) < 4.78 is 0. The highest BCUT2D eigenvalue weighted by atomic mass is 127. The lowest BCUT2D eigenvalue weighted by atomic mass is 10.1. The fourth-order valence-corrected chi connectivity index (χ4v) is 1.93. The van der Waals surface area contributed by atoms with Gasteiger partial charge in [-0.15, -0.1) is 24.0 Å². The molecule has 1 aliphatic rings. The molecule has 3 N–H and O–H groups in total. The Kier molecular flexibility index (Phi) is 6.77. The van der Waals surface area contributed by atoms with Crippen molar-refractivity contribution in [2.45, 2.75) is 26.4 Å². The van der Waals surface area contributed by atoms with Crippen LogP contribution in [0.2, 0.25) is 0 Å². The summed E-state index contributed by atoms with van der Waals surface area (Å²) in [4.78, 5) is 16.1. The summed E-state index contributed by atoms with van der Waals surface area (Å²) in [7, 11) is 0. The highest BCUT2D eigenvalue weighted by Crippen LogP contribution is 2.05. The first-order chi connectivity index (χ1) is 9.19. The fourth-order valence-electron chi connectivity index (χ4n) is 1.93. The average molecular weight is 388 g/mol. The predicted octanol–water partition coefficient (Wildman–Crippen LogP) is 1.49. The van der Waals surface area contributed by atoms with Crippen molar-refractivity contribution in [2.24, 2.45) is 4.99 Å². The molecule has 0 saturated carbocycles. The second-order valence-corrected chi connectivity index (χ2v) is 4.65. The van der Waals surface area contributed by atoms with Crippen LogP contribution in [0.4, 0.5) is 0 Å². The van der Waals surface area contributed by atoms with Gasteiger partial charge in [0.25, 0.3) is 5.91 Å². The molecule has 0 radical (unpaired) electrons. The molecule has 0 aromatic heterocycles. The van der Waals surface area contributed by atoms with E-state index >= 15 is 0 Å². The molecule has 2 rings (SSSR count). The van der Waals surface area contributed by atoms with Crippen molar-refractivity contribution in [1.82, 2.24) is 16.0 Å². The molecule has 0 spiro atoms. The van der Waals surface area contributed by atoms with Crippen molar-refractivity contribution >= 4 is 35.8 Å². The summed E-state index contributed by atoms with van der Waals surface area (Å²) in [5, 5.41) is 9.27. The number of hydrogen-bond acceptors (Lipinski definition) is 4. The fraction of sp³-hybridized carbons (Fsp3) is 0.429. The molecule has 1 atom stereocenters. The van der Waals surface area contributed by atoms with Crippen LogP contribution in [-0.4, -0.2) is 31.0 Å². The molecule has 1 amide bonds. The van der Waals surface area contributed by atoms with E-state index in [9.17, 15) is 4.79 Å². The number of halogens is 1. The minimum Gasteiger partial charge on any atom is -0.352 e. The van der Waals surface area contributed by atoms with Crippen LogP contribution >= 0.6 is 24.0 Å². The van der Waals surface area contributed by atoms with Crippen molar-refractivity contribution in [2.75, 3.05) is 13.1 Å². The monoisotopic (exact) mass is 388 g/mol.